The van der Waals surface area contributed by atoms with E-state index in [1.807, 2.05) is 19.1 Å². The number of aryl methyl sites for hydroxylation is 1. The Kier molecular flexibility index (Phi) is 4.76. The largest absolute Gasteiger partial charge is 0.423 e. The van der Waals surface area contributed by atoms with Crippen molar-refractivity contribution in [3.63, 3.8) is 0 Å². The van der Waals surface area contributed by atoms with E-state index in [2.05, 4.69) is 20.8 Å². The summed E-state index contributed by atoms with van der Waals surface area (Å²) in [6.45, 7) is 8.04. The normalized spacial score (nSPS) is 11.4. The van der Waals surface area contributed by atoms with Crippen LogP contribution in [0.15, 0.2) is 30.3 Å². The zero-order chi connectivity index (χ0) is 17.4. The number of halogens is 3. The highest BCUT2D eigenvalue weighted by atomic mass is 35.5. The van der Waals surface area contributed by atoms with E-state index in [-0.39, 0.29) is 16.0 Å². The Balaban J connectivity index is 2.29. The van der Waals surface area contributed by atoms with Crippen LogP contribution < -0.4 is 4.74 Å². The first-order valence-corrected chi connectivity index (χ1v) is 7.45. The summed E-state index contributed by atoms with van der Waals surface area (Å²) in [5.41, 5.74) is 1.62. The summed E-state index contributed by atoms with van der Waals surface area (Å²) in [4.78, 5) is 12.1. The lowest BCUT2D eigenvalue weighted by atomic mass is 9.86. The van der Waals surface area contributed by atoms with Gasteiger partial charge < -0.3 is 4.74 Å². The Morgan fingerprint density at radius 3 is 2.26 bits per heavy atom. The van der Waals surface area contributed by atoms with Gasteiger partial charge in [-0.15, -0.1) is 0 Å². The molecule has 0 amide bonds. The molecule has 0 unspecified atom stereocenters. The van der Waals surface area contributed by atoms with E-state index in [9.17, 15) is 13.6 Å². The van der Waals surface area contributed by atoms with Crippen molar-refractivity contribution in [2.75, 3.05) is 0 Å². The highest BCUT2D eigenvalue weighted by Gasteiger charge is 2.19. The third kappa shape index (κ3) is 3.88. The van der Waals surface area contributed by atoms with Crippen molar-refractivity contribution in [1.29, 1.82) is 0 Å². The van der Waals surface area contributed by atoms with Crippen molar-refractivity contribution in [2.45, 2.75) is 33.1 Å². The van der Waals surface area contributed by atoms with Gasteiger partial charge in [-0.05, 0) is 41.7 Å². The molecule has 2 aromatic carbocycles. The minimum atomic E-state index is -1.15. The first-order valence-electron chi connectivity index (χ1n) is 7.07. The molecule has 5 heteroatoms. The summed E-state index contributed by atoms with van der Waals surface area (Å²) >= 11 is 5.78. The molecule has 0 radical (unpaired) electrons. The first-order chi connectivity index (χ1) is 10.6. The number of rotatable bonds is 2. The Bertz CT molecular complexity index is 764. The molecule has 0 aromatic heterocycles. The molecule has 0 heterocycles. The minimum absolute atomic E-state index is 0.0311. The van der Waals surface area contributed by atoms with Gasteiger partial charge in [-0.2, -0.15) is 0 Å². The number of esters is 1. The van der Waals surface area contributed by atoms with Gasteiger partial charge in [0.15, 0.2) is 11.6 Å². The summed E-state index contributed by atoms with van der Waals surface area (Å²) in [5.74, 6) is -2.75. The molecule has 0 N–H and O–H groups in total. The monoisotopic (exact) mass is 338 g/mol. The highest BCUT2D eigenvalue weighted by molar-refractivity contribution is 6.33. The van der Waals surface area contributed by atoms with Gasteiger partial charge in [0.1, 0.15) is 5.75 Å². The summed E-state index contributed by atoms with van der Waals surface area (Å²) < 4.78 is 31.6. The van der Waals surface area contributed by atoms with Gasteiger partial charge in [0.05, 0.1) is 10.6 Å². The fraction of sp³-hybridized carbons (Fsp3) is 0.278. The Hall–Kier alpha value is -1.94. The molecule has 0 aliphatic rings. The van der Waals surface area contributed by atoms with Gasteiger partial charge in [-0.3, -0.25) is 0 Å². The fourth-order valence-electron chi connectivity index (χ4n) is 2.06. The van der Waals surface area contributed by atoms with Crippen molar-refractivity contribution >= 4 is 17.6 Å². The molecule has 0 atom stereocenters. The molecule has 2 nitrogen and oxygen atoms in total. The number of carbonyl (C=O) groups excluding carboxylic acids is 1. The fourth-order valence-corrected chi connectivity index (χ4v) is 2.29. The maximum Gasteiger partial charge on any atom is 0.345 e. The van der Waals surface area contributed by atoms with E-state index in [1.165, 1.54) is 0 Å². The zero-order valence-electron chi connectivity index (χ0n) is 13.3. The second-order valence-electron chi connectivity index (χ2n) is 6.37. The lowest BCUT2D eigenvalue weighted by Crippen LogP contribution is -2.13. The SMILES string of the molecule is Cc1cc(C(C)(C)C)ccc1OC(=O)c1cc(F)c(F)cc1Cl. The lowest BCUT2D eigenvalue weighted by molar-refractivity contribution is 0.0733. The van der Waals surface area contributed by atoms with Crippen LogP contribution in [0.2, 0.25) is 5.02 Å². The number of carbonyl (C=O) groups is 1. The second-order valence-corrected chi connectivity index (χ2v) is 6.77. The standard InChI is InChI=1S/C18H17ClF2O2/c1-10-7-11(18(2,3)4)5-6-16(10)23-17(22)12-8-14(20)15(21)9-13(12)19/h5-9H,1-4H3. The average molecular weight is 339 g/mol. The molecule has 0 fully saturated rings. The smallest absolute Gasteiger partial charge is 0.345 e. The Labute approximate surface area is 139 Å². The van der Waals surface area contributed by atoms with Crippen LogP contribution in [0.4, 0.5) is 8.78 Å². The summed E-state index contributed by atoms with van der Waals surface area (Å²) in [5, 5.41) is -0.196. The highest BCUT2D eigenvalue weighted by Crippen LogP contribution is 2.29. The Morgan fingerprint density at radius 1 is 1.09 bits per heavy atom. The van der Waals surface area contributed by atoms with Gasteiger partial charge >= 0.3 is 5.97 Å². The van der Waals surface area contributed by atoms with Crippen molar-refractivity contribution in [3.8, 4) is 5.75 Å². The van der Waals surface area contributed by atoms with Crippen molar-refractivity contribution in [1.82, 2.24) is 0 Å². The summed E-state index contributed by atoms with van der Waals surface area (Å²) in [6.07, 6.45) is 0. The van der Waals surface area contributed by atoms with Crippen LogP contribution in [-0.4, -0.2) is 5.97 Å². The average Bonchev–Trinajstić information content (AvgIpc) is 2.43. The topological polar surface area (TPSA) is 26.3 Å². The van der Waals surface area contributed by atoms with Crippen molar-refractivity contribution < 1.29 is 18.3 Å². The molecule has 122 valence electrons. The van der Waals surface area contributed by atoms with Crippen LogP contribution in [0.25, 0.3) is 0 Å². The molecule has 0 saturated heterocycles. The molecular formula is C18H17ClF2O2. The van der Waals surface area contributed by atoms with Crippen LogP contribution in [0.3, 0.4) is 0 Å². The predicted molar refractivity (Wildman–Crippen MR) is 86.2 cm³/mol. The van der Waals surface area contributed by atoms with Crippen LogP contribution in [0.5, 0.6) is 5.75 Å². The molecule has 0 spiro atoms. The molecule has 2 rings (SSSR count). The van der Waals surface area contributed by atoms with E-state index in [1.54, 1.807) is 6.07 Å². The molecular weight excluding hydrogens is 322 g/mol. The molecule has 23 heavy (non-hydrogen) atoms. The molecule has 0 aliphatic heterocycles. The maximum atomic E-state index is 13.3. The number of ether oxygens (including phenoxy) is 1. The third-order valence-corrected chi connectivity index (χ3v) is 3.79. The van der Waals surface area contributed by atoms with E-state index in [0.29, 0.717) is 5.75 Å². The number of hydrogen-bond acceptors (Lipinski definition) is 2. The van der Waals surface area contributed by atoms with Gasteiger partial charge in [0, 0.05) is 0 Å². The Morgan fingerprint density at radius 2 is 1.70 bits per heavy atom. The first kappa shape index (κ1) is 17.4. The van der Waals surface area contributed by atoms with Gasteiger partial charge in [0.25, 0.3) is 0 Å². The zero-order valence-corrected chi connectivity index (χ0v) is 14.1. The second kappa shape index (κ2) is 6.28. The summed E-state index contributed by atoms with van der Waals surface area (Å²) in [6, 6.07) is 6.96. The quantitative estimate of drug-likeness (QED) is 0.414. The maximum absolute atomic E-state index is 13.3. The molecule has 0 saturated carbocycles. The van der Waals surface area contributed by atoms with Crippen LogP contribution in [0, 0.1) is 18.6 Å². The van der Waals surface area contributed by atoms with Crippen LogP contribution >= 0.6 is 11.6 Å². The van der Waals surface area contributed by atoms with Crippen LogP contribution in [-0.2, 0) is 5.41 Å². The van der Waals surface area contributed by atoms with Gasteiger partial charge in [0.2, 0.25) is 0 Å². The van der Waals surface area contributed by atoms with E-state index < -0.39 is 17.6 Å². The van der Waals surface area contributed by atoms with E-state index in [0.717, 1.165) is 23.3 Å². The van der Waals surface area contributed by atoms with E-state index in [4.69, 9.17) is 16.3 Å². The van der Waals surface area contributed by atoms with Crippen LogP contribution in [0.1, 0.15) is 42.3 Å². The lowest BCUT2D eigenvalue weighted by Gasteiger charge is -2.20. The molecule has 0 aliphatic carbocycles. The van der Waals surface area contributed by atoms with Crippen molar-refractivity contribution in [2.24, 2.45) is 0 Å². The number of hydrogen-bond donors (Lipinski definition) is 0. The molecule has 0 bridgehead atoms. The summed E-state index contributed by atoms with van der Waals surface area (Å²) in [7, 11) is 0. The van der Waals surface area contributed by atoms with Crippen molar-refractivity contribution in [3.05, 3.63) is 63.7 Å². The van der Waals surface area contributed by atoms with Gasteiger partial charge in [-0.1, -0.05) is 44.5 Å². The third-order valence-electron chi connectivity index (χ3n) is 3.47. The van der Waals surface area contributed by atoms with E-state index >= 15 is 0 Å². The number of benzene rings is 2. The van der Waals surface area contributed by atoms with Gasteiger partial charge in [-0.25, -0.2) is 13.6 Å². The molecule has 2 aromatic rings. The minimum Gasteiger partial charge on any atom is -0.423 e. The predicted octanol–water partition coefficient (Wildman–Crippen LogP) is 5.44.